The third kappa shape index (κ3) is 2.89. The first-order valence-electron chi connectivity index (χ1n) is 9.30. The van der Waals surface area contributed by atoms with Crippen LogP contribution >= 0.6 is 0 Å². The number of carbonyl (C=O) groups is 1. The van der Waals surface area contributed by atoms with Crippen molar-refractivity contribution in [2.75, 3.05) is 0 Å². The lowest BCUT2D eigenvalue weighted by Gasteiger charge is -2.34. The highest BCUT2D eigenvalue weighted by Gasteiger charge is 2.28. The highest BCUT2D eigenvalue weighted by atomic mass is 16.2. The summed E-state index contributed by atoms with van der Waals surface area (Å²) in [7, 11) is 0. The smallest absolute Gasteiger partial charge is 0.291 e. The first-order chi connectivity index (χ1) is 12.5. The Morgan fingerprint density at radius 2 is 2.08 bits per heavy atom. The minimum Gasteiger partial charge on any atom is -0.351 e. The SMILES string of the molecule is C[C@@H]1[C@H](C)CCC[C@@H]1NC(=O)Cn1ncc2c([nH]c3ccccc32)c1=O. The fourth-order valence-electron chi connectivity index (χ4n) is 4.06. The second-order valence-corrected chi connectivity index (χ2v) is 7.51. The number of H-pyrrole nitrogens is 1. The number of rotatable bonds is 3. The molecule has 6 heteroatoms. The van der Waals surface area contributed by atoms with Crippen LogP contribution in [-0.2, 0) is 11.3 Å². The van der Waals surface area contributed by atoms with Gasteiger partial charge in [0.15, 0.2) is 0 Å². The first-order valence-corrected chi connectivity index (χ1v) is 9.30. The van der Waals surface area contributed by atoms with Crippen molar-refractivity contribution in [3.8, 4) is 0 Å². The van der Waals surface area contributed by atoms with Crippen LogP contribution in [0.1, 0.15) is 33.1 Å². The number of amides is 1. The lowest BCUT2D eigenvalue weighted by atomic mass is 9.78. The Morgan fingerprint density at radius 3 is 2.92 bits per heavy atom. The van der Waals surface area contributed by atoms with E-state index in [1.807, 2.05) is 24.3 Å². The first kappa shape index (κ1) is 16.8. The summed E-state index contributed by atoms with van der Waals surface area (Å²) in [6.45, 7) is 4.37. The van der Waals surface area contributed by atoms with Crippen molar-refractivity contribution in [2.45, 2.75) is 45.7 Å². The summed E-state index contributed by atoms with van der Waals surface area (Å²) in [4.78, 5) is 28.4. The number of carbonyl (C=O) groups excluding carboxylic acids is 1. The van der Waals surface area contributed by atoms with E-state index in [4.69, 9.17) is 0 Å². The second-order valence-electron chi connectivity index (χ2n) is 7.51. The third-order valence-corrected chi connectivity index (χ3v) is 5.87. The molecule has 0 unspecified atom stereocenters. The summed E-state index contributed by atoms with van der Waals surface area (Å²) in [5.41, 5.74) is 1.13. The maximum atomic E-state index is 12.7. The van der Waals surface area contributed by atoms with E-state index in [0.717, 1.165) is 29.1 Å². The molecule has 1 fully saturated rings. The number of hydrogen-bond donors (Lipinski definition) is 2. The molecule has 6 nitrogen and oxygen atoms in total. The zero-order valence-electron chi connectivity index (χ0n) is 15.2. The molecule has 0 radical (unpaired) electrons. The van der Waals surface area contributed by atoms with Gasteiger partial charge in [-0.25, -0.2) is 4.68 Å². The lowest BCUT2D eigenvalue weighted by molar-refractivity contribution is -0.123. The summed E-state index contributed by atoms with van der Waals surface area (Å²) >= 11 is 0. The van der Waals surface area contributed by atoms with Gasteiger partial charge in [-0.05, 0) is 24.3 Å². The van der Waals surface area contributed by atoms with Gasteiger partial charge in [-0.1, -0.05) is 44.9 Å². The number of aromatic amines is 1. The van der Waals surface area contributed by atoms with Gasteiger partial charge in [-0.3, -0.25) is 9.59 Å². The van der Waals surface area contributed by atoms with Crippen LogP contribution in [0.5, 0.6) is 0 Å². The number of para-hydroxylation sites is 1. The maximum Gasteiger partial charge on any atom is 0.291 e. The van der Waals surface area contributed by atoms with E-state index in [1.165, 1.54) is 11.1 Å². The molecule has 1 aromatic carbocycles. The van der Waals surface area contributed by atoms with Gasteiger partial charge in [-0.15, -0.1) is 0 Å². The molecule has 1 aliphatic rings. The minimum absolute atomic E-state index is 0.0538. The molecule has 2 N–H and O–H groups in total. The average molecular weight is 352 g/mol. The van der Waals surface area contributed by atoms with Crippen molar-refractivity contribution in [2.24, 2.45) is 11.8 Å². The van der Waals surface area contributed by atoms with E-state index >= 15 is 0 Å². The normalized spacial score (nSPS) is 23.4. The number of aromatic nitrogens is 3. The largest absolute Gasteiger partial charge is 0.351 e. The van der Waals surface area contributed by atoms with Gasteiger partial charge in [0.25, 0.3) is 5.56 Å². The van der Waals surface area contributed by atoms with Crippen LogP contribution in [-0.4, -0.2) is 26.7 Å². The minimum atomic E-state index is -0.265. The average Bonchev–Trinajstić information content (AvgIpc) is 3.01. The van der Waals surface area contributed by atoms with E-state index in [9.17, 15) is 9.59 Å². The molecule has 0 bridgehead atoms. The lowest BCUT2D eigenvalue weighted by Crippen LogP contribution is -2.45. The van der Waals surface area contributed by atoms with Crippen LogP contribution in [0.3, 0.4) is 0 Å². The summed E-state index contributed by atoms with van der Waals surface area (Å²) in [5.74, 6) is 0.909. The molecule has 136 valence electrons. The van der Waals surface area contributed by atoms with Gasteiger partial charge < -0.3 is 10.3 Å². The highest BCUT2D eigenvalue weighted by Crippen LogP contribution is 2.29. The van der Waals surface area contributed by atoms with Gasteiger partial charge in [0.05, 0.1) is 6.20 Å². The Labute approximate surface area is 151 Å². The van der Waals surface area contributed by atoms with Crippen LogP contribution < -0.4 is 10.9 Å². The monoisotopic (exact) mass is 352 g/mol. The van der Waals surface area contributed by atoms with Crippen molar-refractivity contribution in [3.63, 3.8) is 0 Å². The Morgan fingerprint density at radius 1 is 1.27 bits per heavy atom. The van der Waals surface area contributed by atoms with E-state index in [-0.39, 0.29) is 24.1 Å². The van der Waals surface area contributed by atoms with E-state index in [0.29, 0.717) is 17.4 Å². The molecule has 2 aromatic heterocycles. The molecule has 3 atom stereocenters. The quantitative estimate of drug-likeness (QED) is 0.761. The molecule has 3 aromatic rings. The fraction of sp³-hybridized carbons (Fsp3) is 0.450. The molecular formula is C20H24N4O2. The Hall–Kier alpha value is -2.63. The predicted octanol–water partition coefficient (Wildman–Crippen LogP) is 2.82. The Bertz CT molecular complexity index is 1020. The van der Waals surface area contributed by atoms with Crippen LogP contribution in [0.25, 0.3) is 21.8 Å². The number of fused-ring (bicyclic) bond motifs is 3. The summed E-state index contributed by atoms with van der Waals surface area (Å²) in [6, 6.07) is 7.92. The molecule has 0 saturated heterocycles. The fourth-order valence-corrected chi connectivity index (χ4v) is 4.06. The maximum absolute atomic E-state index is 12.7. The molecule has 1 saturated carbocycles. The van der Waals surface area contributed by atoms with Crippen LogP contribution in [0, 0.1) is 11.8 Å². The summed E-state index contributed by atoms with van der Waals surface area (Å²) < 4.78 is 1.24. The summed E-state index contributed by atoms with van der Waals surface area (Å²) in [5, 5.41) is 9.07. The van der Waals surface area contributed by atoms with E-state index in [2.05, 4.69) is 29.2 Å². The zero-order valence-corrected chi connectivity index (χ0v) is 15.2. The number of nitrogens with zero attached hydrogens (tertiary/aromatic N) is 2. The van der Waals surface area contributed by atoms with E-state index in [1.54, 1.807) is 6.20 Å². The van der Waals surface area contributed by atoms with Crippen molar-refractivity contribution in [3.05, 3.63) is 40.8 Å². The summed E-state index contributed by atoms with van der Waals surface area (Å²) in [6.07, 6.45) is 5.01. The van der Waals surface area contributed by atoms with Gasteiger partial charge in [0.2, 0.25) is 5.91 Å². The molecule has 1 amide bonds. The van der Waals surface area contributed by atoms with Crippen molar-refractivity contribution >= 4 is 27.7 Å². The number of hydrogen-bond acceptors (Lipinski definition) is 3. The zero-order chi connectivity index (χ0) is 18.3. The molecule has 0 aliphatic heterocycles. The van der Waals surface area contributed by atoms with Gasteiger partial charge in [-0.2, -0.15) is 5.10 Å². The van der Waals surface area contributed by atoms with E-state index < -0.39 is 0 Å². The van der Waals surface area contributed by atoms with Crippen molar-refractivity contribution < 1.29 is 4.79 Å². The molecule has 4 rings (SSSR count). The van der Waals surface area contributed by atoms with Gasteiger partial charge >= 0.3 is 0 Å². The molecular weight excluding hydrogens is 328 g/mol. The standard InChI is InChI=1S/C20H24N4O2/c1-12-6-5-9-16(13(12)2)22-18(25)11-24-20(26)19-15(10-21-24)14-7-3-4-8-17(14)23-19/h3-4,7-8,10,12-13,16,23H,5-6,9,11H2,1-2H3,(H,22,25)/t12-,13-,16+/m1/s1. The van der Waals surface area contributed by atoms with Crippen LogP contribution in [0.15, 0.2) is 35.3 Å². The highest BCUT2D eigenvalue weighted by molar-refractivity contribution is 6.06. The van der Waals surface area contributed by atoms with Crippen molar-refractivity contribution in [1.29, 1.82) is 0 Å². The third-order valence-electron chi connectivity index (χ3n) is 5.87. The van der Waals surface area contributed by atoms with Crippen LogP contribution in [0.2, 0.25) is 0 Å². The molecule has 0 spiro atoms. The van der Waals surface area contributed by atoms with Crippen LogP contribution in [0.4, 0.5) is 0 Å². The predicted molar refractivity (Wildman–Crippen MR) is 102 cm³/mol. The second kappa shape index (κ2) is 6.59. The van der Waals surface area contributed by atoms with Gasteiger partial charge in [0, 0.05) is 22.3 Å². The molecule has 26 heavy (non-hydrogen) atoms. The Kier molecular flexibility index (Phi) is 4.26. The topological polar surface area (TPSA) is 79.8 Å². The van der Waals surface area contributed by atoms with Crippen molar-refractivity contribution in [1.82, 2.24) is 20.1 Å². The number of benzene rings is 1. The number of nitrogens with one attached hydrogen (secondary N) is 2. The Balaban J connectivity index is 1.57. The molecule has 2 heterocycles. The van der Waals surface area contributed by atoms with Gasteiger partial charge in [0.1, 0.15) is 12.1 Å². The molecule has 1 aliphatic carbocycles.